The van der Waals surface area contributed by atoms with Gasteiger partial charge in [0.2, 0.25) is 0 Å². The van der Waals surface area contributed by atoms with Crippen molar-refractivity contribution in [2.75, 3.05) is 13.2 Å². The van der Waals surface area contributed by atoms with Crippen molar-refractivity contribution in [1.29, 1.82) is 0 Å². The molecule has 1 saturated heterocycles. The van der Waals surface area contributed by atoms with E-state index in [0.29, 0.717) is 18.5 Å². The molecule has 84 valence electrons. The molecule has 1 aliphatic heterocycles. The first-order valence-electron chi connectivity index (χ1n) is 5.37. The van der Waals surface area contributed by atoms with Crippen molar-refractivity contribution in [2.45, 2.75) is 26.9 Å². The van der Waals surface area contributed by atoms with Crippen LogP contribution in [0.1, 0.15) is 20.8 Å². The van der Waals surface area contributed by atoms with Crippen LogP contribution in [0.3, 0.4) is 0 Å². The maximum atomic E-state index is 5.54. The third kappa shape index (κ3) is 3.47. The van der Waals surface area contributed by atoms with E-state index < -0.39 is 0 Å². The summed E-state index contributed by atoms with van der Waals surface area (Å²) >= 11 is 0. The van der Waals surface area contributed by atoms with Crippen LogP contribution in [0.4, 0.5) is 0 Å². The summed E-state index contributed by atoms with van der Waals surface area (Å²) in [4.78, 5) is 7.98. The van der Waals surface area contributed by atoms with Gasteiger partial charge in [-0.15, -0.1) is 0 Å². The minimum atomic E-state index is 0.0994. The van der Waals surface area contributed by atoms with E-state index in [0.717, 1.165) is 6.61 Å². The summed E-state index contributed by atoms with van der Waals surface area (Å²) in [6.45, 7) is 7.50. The Labute approximate surface area is 90.7 Å². The predicted molar refractivity (Wildman–Crippen MR) is 57.8 cm³/mol. The monoisotopic (exact) mass is 210 g/mol. The van der Waals surface area contributed by atoms with Gasteiger partial charge in [0.05, 0.1) is 13.2 Å². The van der Waals surface area contributed by atoms with Crippen LogP contribution < -0.4 is 4.74 Å². The highest BCUT2D eigenvalue weighted by molar-refractivity contribution is 4.95. The summed E-state index contributed by atoms with van der Waals surface area (Å²) in [7, 11) is 0. The summed E-state index contributed by atoms with van der Waals surface area (Å²) < 4.78 is 10.8. The molecule has 1 aromatic rings. The number of hydrogen-bond acceptors (Lipinski definition) is 4. The van der Waals surface area contributed by atoms with Crippen molar-refractivity contribution in [2.24, 2.45) is 5.92 Å². The summed E-state index contributed by atoms with van der Waals surface area (Å²) in [5, 5.41) is 0. The van der Waals surface area contributed by atoms with E-state index in [1.165, 1.54) is 0 Å². The van der Waals surface area contributed by atoms with Crippen LogP contribution in [0.15, 0.2) is 18.5 Å². The highest BCUT2D eigenvalue weighted by atomic mass is 16.6. The fourth-order valence-corrected chi connectivity index (χ4v) is 1.27. The zero-order chi connectivity index (χ0) is 11.1. The first-order chi connectivity index (χ1) is 7.36. The van der Waals surface area contributed by atoms with E-state index in [1.54, 1.807) is 18.5 Å². The number of ether oxygens (including phenoxy) is 2. The average Bonchev–Trinajstić information content (AvgIpc) is 2.69. The fourth-order valence-electron chi connectivity index (χ4n) is 1.27. The summed E-state index contributed by atoms with van der Waals surface area (Å²) in [6.07, 6.45) is 3.44. The lowest BCUT2D eigenvalue weighted by molar-refractivity contribution is 0.129. The molecule has 0 spiro atoms. The molecule has 0 amide bonds. The van der Waals surface area contributed by atoms with Gasteiger partial charge in [-0.05, 0) is 6.07 Å². The van der Waals surface area contributed by atoms with Gasteiger partial charge in [0, 0.05) is 18.3 Å². The molecule has 2 unspecified atom stereocenters. The first-order valence-corrected chi connectivity index (χ1v) is 5.37. The Kier molecular flexibility index (Phi) is 5.04. The molecule has 4 nitrogen and oxygen atoms in total. The Bertz CT molecular complexity index is 267. The van der Waals surface area contributed by atoms with Crippen LogP contribution >= 0.6 is 0 Å². The predicted octanol–water partition coefficient (Wildman–Crippen LogP) is 1.92. The normalized spacial score (nSPS) is 24.2. The second-order valence-corrected chi connectivity index (χ2v) is 3.20. The Morgan fingerprint density at radius 1 is 1.27 bits per heavy atom. The van der Waals surface area contributed by atoms with Gasteiger partial charge >= 0.3 is 6.01 Å². The highest BCUT2D eigenvalue weighted by Gasteiger charge is 2.26. The van der Waals surface area contributed by atoms with E-state index in [2.05, 4.69) is 16.9 Å². The van der Waals surface area contributed by atoms with Crippen LogP contribution in [-0.4, -0.2) is 29.3 Å². The Hall–Kier alpha value is -1.16. The average molecular weight is 210 g/mol. The maximum absolute atomic E-state index is 5.54. The van der Waals surface area contributed by atoms with E-state index in [1.807, 2.05) is 13.8 Å². The van der Waals surface area contributed by atoms with Gasteiger partial charge in [-0.3, -0.25) is 0 Å². The van der Waals surface area contributed by atoms with Crippen molar-refractivity contribution in [3.63, 3.8) is 0 Å². The molecule has 0 aliphatic carbocycles. The molecule has 1 fully saturated rings. The smallest absolute Gasteiger partial charge is 0.316 e. The molecule has 1 aliphatic rings. The van der Waals surface area contributed by atoms with E-state index in [-0.39, 0.29) is 6.10 Å². The van der Waals surface area contributed by atoms with E-state index in [9.17, 15) is 0 Å². The van der Waals surface area contributed by atoms with Crippen LogP contribution in [0.2, 0.25) is 0 Å². The van der Waals surface area contributed by atoms with E-state index >= 15 is 0 Å². The van der Waals surface area contributed by atoms with Gasteiger partial charge in [0.25, 0.3) is 0 Å². The number of nitrogens with zero attached hydrogens (tertiary/aromatic N) is 2. The fraction of sp³-hybridized carbons (Fsp3) is 0.636. The van der Waals surface area contributed by atoms with Gasteiger partial charge in [0.1, 0.15) is 6.10 Å². The largest absolute Gasteiger partial charge is 0.457 e. The standard InChI is InChI=1S/C9H12N2O2.C2H6/c1-7-5-12-6-8(7)13-9-10-3-2-4-11-9;1-2/h2-4,7-8H,5-6H2,1H3;1-2H3. The number of hydrogen-bond donors (Lipinski definition) is 0. The maximum Gasteiger partial charge on any atom is 0.316 e. The van der Waals surface area contributed by atoms with Crippen molar-refractivity contribution in [3.05, 3.63) is 18.5 Å². The highest BCUT2D eigenvalue weighted by Crippen LogP contribution is 2.17. The minimum Gasteiger partial charge on any atom is -0.457 e. The third-order valence-corrected chi connectivity index (χ3v) is 2.10. The number of rotatable bonds is 2. The lowest BCUT2D eigenvalue weighted by Gasteiger charge is -2.13. The molecular weight excluding hydrogens is 192 g/mol. The van der Waals surface area contributed by atoms with Gasteiger partial charge in [-0.2, -0.15) is 0 Å². The van der Waals surface area contributed by atoms with Crippen LogP contribution in [-0.2, 0) is 4.74 Å². The minimum absolute atomic E-state index is 0.0994. The molecule has 0 bridgehead atoms. The molecule has 2 heterocycles. The zero-order valence-corrected chi connectivity index (χ0v) is 9.51. The Morgan fingerprint density at radius 3 is 2.47 bits per heavy atom. The molecule has 0 radical (unpaired) electrons. The molecule has 1 aromatic heterocycles. The summed E-state index contributed by atoms with van der Waals surface area (Å²) in [5.41, 5.74) is 0. The Balaban J connectivity index is 0.000000531. The second-order valence-electron chi connectivity index (χ2n) is 3.20. The van der Waals surface area contributed by atoms with E-state index in [4.69, 9.17) is 9.47 Å². The van der Waals surface area contributed by atoms with Crippen LogP contribution in [0.5, 0.6) is 6.01 Å². The van der Waals surface area contributed by atoms with Gasteiger partial charge in [-0.25, -0.2) is 9.97 Å². The topological polar surface area (TPSA) is 44.2 Å². The van der Waals surface area contributed by atoms with Gasteiger partial charge < -0.3 is 9.47 Å². The summed E-state index contributed by atoms with van der Waals surface area (Å²) in [6, 6.07) is 2.20. The second kappa shape index (κ2) is 6.35. The third-order valence-electron chi connectivity index (χ3n) is 2.10. The van der Waals surface area contributed by atoms with Crippen molar-refractivity contribution >= 4 is 0 Å². The molecule has 15 heavy (non-hydrogen) atoms. The molecule has 0 N–H and O–H groups in total. The molecule has 2 rings (SSSR count). The van der Waals surface area contributed by atoms with Crippen molar-refractivity contribution in [3.8, 4) is 6.01 Å². The molecule has 4 heteroatoms. The summed E-state index contributed by atoms with van der Waals surface area (Å²) in [5.74, 6) is 0.420. The SMILES string of the molecule is CC.CC1COCC1Oc1ncccn1. The van der Waals surface area contributed by atoms with Gasteiger partial charge in [-0.1, -0.05) is 20.8 Å². The van der Waals surface area contributed by atoms with Crippen LogP contribution in [0, 0.1) is 5.92 Å². The van der Waals surface area contributed by atoms with Crippen molar-refractivity contribution in [1.82, 2.24) is 9.97 Å². The van der Waals surface area contributed by atoms with Crippen molar-refractivity contribution < 1.29 is 9.47 Å². The molecule has 0 aromatic carbocycles. The quantitative estimate of drug-likeness (QED) is 0.748. The zero-order valence-electron chi connectivity index (χ0n) is 9.51. The Morgan fingerprint density at radius 2 is 1.93 bits per heavy atom. The molecular formula is C11H18N2O2. The lowest BCUT2D eigenvalue weighted by Crippen LogP contribution is -2.24. The number of aromatic nitrogens is 2. The molecule has 2 atom stereocenters. The van der Waals surface area contributed by atoms with Gasteiger partial charge in [0.15, 0.2) is 0 Å². The molecule has 0 saturated carbocycles. The lowest BCUT2D eigenvalue weighted by atomic mass is 10.1. The first kappa shape index (κ1) is 11.9. The van der Waals surface area contributed by atoms with Crippen LogP contribution in [0.25, 0.3) is 0 Å².